The van der Waals surface area contributed by atoms with Gasteiger partial charge in [-0.25, -0.2) is 9.18 Å². The predicted octanol–water partition coefficient (Wildman–Crippen LogP) is 4.56. The van der Waals surface area contributed by atoms with Gasteiger partial charge < -0.3 is 10.1 Å². The number of amides is 1. The van der Waals surface area contributed by atoms with Gasteiger partial charge in [0.1, 0.15) is 10.7 Å². The van der Waals surface area contributed by atoms with Crippen molar-refractivity contribution in [3.63, 3.8) is 0 Å². The predicted molar refractivity (Wildman–Crippen MR) is 100.0 cm³/mol. The maximum absolute atomic E-state index is 13.3. The fourth-order valence-corrected chi connectivity index (χ4v) is 3.78. The van der Waals surface area contributed by atoms with E-state index < -0.39 is 23.8 Å². The van der Waals surface area contributed by atoms with Crippen molar-refractivity contribution in [1.82, 2.24) is 5.32 Å². The van der Waals surface area contributed by atoms with Crippen molar-refractivity contribution in [3.8, 4) is 0 Å². The Morgan fingerprint density at radius 2 is 1.96 bits per heavy atom. The van der Waals surface area contributed by atoms with Gasteiger partial charge in [0.05, 0.1) is 5.02 Å². The highest BCUT2D eigenvalue weighted by molar-refractivity contribution is 7.21. The third-order valence-corrected chi connectivity index (χ3v) is 5.38. The van der Waals surface area contributed by atoms with Crippen molar-refractivity contribution in [3.05, 3.63) is 69.8 Å². The number of esters is 1. The summed E-state index contributed by atoms with van der Waals surface area (Å²) < 4.78 is 19.1. The van der Waals surface area contributed by atoms with Gasteiger partial charge in [-0.1, -0.05) is 41.9 Å². The molecule has 0 saturated carbocycles. The molecule has 0 saturated heterocycles. The molecule has 1 aromatic heterocycles. The second kappa shape index (κ2) is 7.85. The number of hydrogen-bond acceptors (Lipinski definition) is 4. The first-order valence-corrected chi connectivity index (χ1v) is 9.05. The second-order valence-corrected chi connectivity index (χ2v) is 7.07. The van der Waals surface area contributed by atoms with Crippen molar-refractivity contribution in [1.29, 1.82) is 0 Å². The van der Waals surface area contributed by atoms with E-state index in [0.29, 0.717) is 16.6 Å². The van der Waals surface area contributed by atoms with Gasteiger partial charge in [-0.3, -0.25) is 4.79 Å². The van der Waals surface area contributed by atoms with Gasteiger partial charge >= 0.3 is 5.97 Å². The first-order chi connectivity index (χ1) is 12.5. The number of nitrogens with one attached hydrogen (secondary N) is 1. The molecule has 0 spiro atoms. The van der Waals surface area contributed by atoms with Gasteiger partial charge in [0, 0.05) is 16.6 Å². The smallest absolute Gasteiger partial charge is 0.350 e. The highest BCUT2D eigenvalue weighted by atomic mass is 35.5. The number of carbonyl (C=O) groups is 2. The van der Waals surface area contributed by atoms with Crippen LogP contribution in [-0.4, -0.2) is 18.0 Å². The Hall–Kier alpha value is -2.44. The topological polar surface area (TPSA) is 55.4 Å². The molecule has 2 aromatic carbocycles. The fraction of sp³-hybridized carbons (Fsp3) is 0.158. The summed E-state index contributed by atoms with van der Waals surface area (Å²) in [5, 5.41) is 3.48. The van der Waals surface area contributed by atoms with Gasteiger partial charge in [-0.15, -0.1) is 11.3 Å². The number of ether oxygens (including phenoxy) is 1. The second-order valence-electron chi connectivity index (χ2n) is 5.64. The molecular formula is C19H15ClFNO3S. The Balaban J connectivity index is 1.65. The monoisotopic (exact) mass is 391 g/mol. The molecule has 1 N–H and O–H groups in total. The summed E-state index contributed by atoms with van der Waals surface area (Å²) in [4.78, 5) is 24.6. The molecule has 0 unspecified atom stereocenters. The van der Waals surface area contributed by atoms with Crippen molar-refractivity contribution >= 4 is 44.9 Å². The van der Waals surface area contributed by atoms with Crippen LogP contribution in [0.2, 0.25) is 5.02 Å². The lowest BCUT2D eigenvalue weighted by molar-refractivity contribution is -0.129. The van der Waals surface area contributed by atoms with Crippen LogP contribution in [0.1, 0.15) is 22.2 Å². The largest absolute Gasteiger partial charge is 0.448 e. The Morgan fingerprint density at radius 1 is 1.23 bits per heavy atom. The highest BCUT2D eigenvalue weighted by Crippen LogP contribution is 2.36. The lowest BCUT2D eigenvalue weighted by atomic mass is 10.2. The lowest BCUT2D eigenvalue weighted by Gasteiger charge is -2.13. The molecular weight excluding hydrogens is 377 g/mol. The molecule has 1 heterocycles. The summed E-state index contributed by atoms with van der Waals surface area (Å²) in [6.45, 7) is 1.82. The maximum Gasteiger partial charge on any atom is 0.350 e. The van der Waals surface area contributed by atoms with Crippen LogP contribution in [0.4, 0.5) is 4.39 Å². The van der Waals surface area contributed by atoms with E-state index in [4.69, 9.17) is 16.3 Å². The van der Waals surface area contributed by atoms with Gasteiger partial charge in [-0.2, -0.15) is 0 Å². The quantitative estimate of drug-likeness (QED) is 0.649. The van der Waals surface area contributed by atoms with Crippen LogP contribution in [0.25, 0.3) is 10.1 Å². The van der Waals surface area contributed by atoms with Crippen molar-refractivity contribution in [2.24, 2.45) is 0 Å². The summed E-state index contributed by atoms with van der Waals surface area (Å²) in [6.07, 6.45) is -0.982. The Labute approximate surface area is 158 Å². The van der Waals surface area contributed by atoms with Crippen LogP contribution in [0.3, 0.4) is 0 Å². The van der Waals surface area contributed by atoms with Crippen LogP contribution < -0.4 is 5.32 Å². The van der Waals surface area contributed by atoms with Crippen molar-refractivity contribution < 1.29 is 18.7 Å². The molecule has 0 aliphatic carbocycles. The Kier molecular flexibility index (Phi) is 5.54. The minimum absolute atomic E-state index is 0.148. The molecule has 134 valence electrons. The van der Waals surface area contributed by atoms with E-state index >= 15 is 0 Å². The molecule has 0 radical (unpaired) electrons. The molecule has 26 heavy (non-hydrogen) atoms. The fourth-order valence-electron chi connectivity index (χ4n) is 2.37. The molecule has 0 aliphatic rings. The summed E-state index contributed by atoms with van der Waals surface area (Å²) in [6, 6.07) is 13.5. The van der Waals surface area contributed by atoms with Crippen LogP contribution >= 0.6 is 22.9 Å². The zero-order valence-electron chi connectivity index (χ0n) is 13.8. The third kappa shape index (κ3) is 4.03. The number of fused-ring (bicyclic) bond motifs is 1. The maximum atomic E-state index is 13.3. The van der Waals surface area contributed by atoms with Gasteiger partial charge in [0.2, 0.25) is 0 Å². The number of benzene rings is 2. The number of halogens is 2. The highest BCUT2D eigenvalue weighted by Gasteiger charge is 2.23. The molecule has 0 fully saturated rings. The van der Waals surface area contributed by atoms with E-state index in [0.717, 1.165) is 16.9 Å². The van der Waals surface area contributed by atoms with E-state index in [1.54, 1.807) is 0 Å². The number of hydrogen-bond donors (Lipinski definition) is 1. The minimum Gasteiger partial charge on any atom is -0.448 e. The number of carbonyl (C=O) groups excluding carboxylic acids is 2. The SMILES string of the molecule is C[C@@H](OC(=O)c1sc2cc(F)ccc2c1Cl)C(=O)NCc1ccccc1. The molecule has 3 aromatic rings. The first kappa shape index (κ1) is 18.4. The van der Waals surface area contributed by atoms with Crippen LogP contribution in [0.5, 0.6) is 0 Å². The summed E-state index contributed by atoms with van der Waals surface area (Å²) >= 11 is 7.23. The third-order valence-electron chi connectivity index (χ3n) is 3.74. The van der Waals surface area contributed by atoms with E-state index in [-0.39, 0.29) is 9.90 Å². The van der Waals surface area contributed by atoms with E-state index in [1.165, 1.54) is 25.1 Å². The molecule has 0 bridgehead atoms. The molecule has 1 atom stereocenters. The zero-order chi connectivity index (χ0) is 18.7. The summed E-state index contributed by atoms with van der Waals surface area (Å²) in [7, 11) is 0. The van der Waals surface area contributed by atoms with E-state index in [2.05, 4.69) is 5.32 Å². The summed E-state index contributed by atoms with van der Waals surface area (Å²) in [5.74, 6) is -1.53. The normalized spacial score (nSPS) is 12.0. The van der Waals surface area contributed by atoms with E-state index in [1.807, 2.05) is 30.3 Å². The number of thiophene rings is 1. The standard InChI is InChI=1S/C19H15ClFNO3S/c1-11(18(23)22-10-12-5-3-2-4-6-12)25-19(24)17-16(20)14-8-7-13(21)9-15(14)26-17/h2-9,11H,10H2,1H3,(H,22,23)/t11-/m1/s1. The van der Waals surface area contributed by atoms with Crippen molar-refractivity contribution in [2.75, 3.05) is 0 Å². The molecule has 1 amide bonds. The molecule has 4 nitrogen and oxygen atoms in total. The molecule has 3 rings (SSSR count). The minimum atomic E-state index is -0.982. The van der Waals surface area contributed by atoms with Gasteiger partial charge in [0.25, 0.3) is 5.91 Å². The first-order valence-electron chi connectivity index (χ1n) is 7.86. The Morgan fingerprint density at radius 3 is 2.69 bits per heavy atom. The average molecular weight is 392 g/mol. The Bertz CT molecular complexity index is 958. The van der Waals surface area contributed by atoms with Crippen LogP contribution in [0, 0.1) is 5.82 Å². The van der Waals surface area contributed by atoms with Crippen molar-refractivity contribution in [2.45, 2.75) is 19.6 Å². The zero-order valence-corrected chi connectivity index (χ0v) is 15.4. The molecule has 7 heteroatoms. The molecule has 0 aliphatic heterocycles. The van der Waals surface area contributed by atoms with Crippen LogP contribution in [-0.2, 0) is 16.1 Å². The van der Waals surface area contributed by atoms with Gasteiger partial charge in [-0.05, 0) is 30.7 Å². The van der Waals surface area contributed by atoms with Crippen LogP contribution in [0.15, 0.2) is 48.5 Å². The number of rotatable bonds is 5. The van der Waals surface area contributed by atoms with Gasteiger partial charge in [0.15, 0.2) is 6.10 Å². The average Bonchev–Trinajstić information content (AvgIpc) is 2.96. The summed E-state index contributed by atoms with van der Waals surface area (Å²) in [5.41, 5.74) is 0.939. The van der Waals surface area contributed by atoms with E-state index in [9.17, 15) is 14.0 Å². The lowest BCUT2D eigenvalue weighted by Crippen LogP contribution is -2.35.